The molecule has 0 radical (unpaired) electrons. The summed E-state index contributed by atoms with van der Waals surface area (Å²) in [6, 6.07) is 3.96. The molecule has 3 rings (SSSR count). The molecule has 1 aromatic heterocycles. The van der Waals surface area contributed by atoms with Crippen molar-refractivity contribution in [1.29, 1.82) is 0 Å². The van der Waals surface area contributed by atoms with E-state index < -0.39 is 0 Å². The maximum atomic E-state index is 10.9. The van der Waals surface area contributed by atoms with Crippen molar-refractivity contribution in [2.75, 3.05) is 0 Å². The maximum absolute atomic E-state index is 10.9. The van der Waals surface area contributed by atoms with Crippen LogP contribution in [0.2, 0.25) is 0 Å². The van der Waals surface area contributed by atoms with Crippen LogP contribution in [0.1, 0.15) is 22.6 Å². The molecule has 0 spiro atoms. The van der Waals surface area contributed by atoms with Gasteiger partial charge in [0.25, 0.3) is 0 Å². The molecule has 1 aliphatic rings. The number of nitrogens with zero attached hydrogens (tertiary/aromatic N) is 3. The molecule has 0 N–H and O–H groups in total. The van der Waals surface area contributed by atoms with Crippen molar-refractivity contribution >= 4 is 29.2 Å². The lowest BCUT2D eigenvalue weighted by Gasteiger charge is -2.09. The molecule has 1 aliphatic heterocycles. The van der Waals surface area contributed by atoms with Crippen LogP contribution in [-0.2, 0) is 13.5 Å². The van der Waals surface area contributed by atoms with E-state index in [2.05, 4.69) is 9.98 Å². The highest BCUT2D eigenvalue weighted by Gasteiger charge is 2.15. The van der Waals surface area contributed by atoms with Gasteiger partial charge in [0.15, 0.2) is 12.1 Å². The number of aromatic nitrogens is 2. The molecule has 2 heterocycles. The summed E-state index contributed by atoms with van der Waals surface area (Å²) in [5.74, 6) is 0.470. The Morgan fingerprint density at radius 3 is 3.12 bits per heavy atom. The predicted molar refractivity (Wildman–Crippen MR) is 62.6 cm³/mol. The number of carbonyl (C=O) groups excluding carboxylic acids is 1. The van der Waals surface area contributed by atoms with Crippen molar-refractivity contribution in [1.82, 2.24) is 9.55 Å². The van der Waals surface area contributed by atoms with Crippen molar-refractivity contribution in [3.63, 3.8) is 0 Å². The van der Waals surface area contributed by atoms with Gasteiger partial charge in [-0.05, 0) is 25.0 Å². The summed E-state index contributed by atoms with van der Waals surface area (Å²) in [5.41, 5.74) is 4.05. The van der Waals surface area contributed by atoms with Crippen LogP contribution in [0.25, 0.3) is 11.0 Å². The molecule has 80 valence electrons. The van der Waals surface area contributed by atoms with Gasteiger partial charge in [-0.2, -0.15) is 0 Å². The third-order valence-electron chi connectivity index (χ3n) is 3.03. The zero-order valence-electron chi connectivity index (χ0n) is 8.97. The van der Waals surface area contributed by atoms with Crippen molar-refractivity contribution in [2.45, 2.75) is 12.8 Å². The average molecular weight is 213 g/mol. The van der Waals surface area contributed by atoms with Crippen LogP contribution in [0.4, 0.5) is 5.69 Å². The lowest BCUT2D eigenvalue weighted by atomic mass is 10.0. The predicted octanol–water partition coefficient (Wildman–Crippen LogP) is 2.03. The minimum atomic E-state index is 0.470. The number of imidazole rings is 1. The van der Waals surface area contributed by atoms with Gasteiger partial charge in [0.2, 0.25) is 0 Å². The fraction of sp³-hybridized carbons (Fsp3) is 0.250. The first-order chi connectivity index (χ1) is 7.81. The Labute approximate surface area is 92.6 Å². The fourth-order valence-corrected chi connectivity index (χ4v) is 2.17. The van der Waals surface area contributed by atoms with Gasteiger partial charge < -0.3 is 4.57 Å². The highest BCUT2D eigenvalue weighted by molar-refractivity contribution is 5.90. The third-order valence-corrected chi connectivity index (χ3v) is 3.03. The van der Waals surface area contributed by atoms with Gasteiger partial charge in [-0.1, -0.05) is 0 Å². The monoisotopic (exact) mass is 213 g/mol. The Bertz CT molecular complexity index is 610. The van der Waals surface area contributed by atoms with E-state index in [1.54, 1.807) is 0 Å². The lowest BCUT2D eigenvalue weighted by molar-refractivity contribution is 0.111. The average Bonchev–Trinajstić information content (AvgIpc) is 2.67. The van der Waals surface area contributed by atoms with Crippen LogP contribution in [0.5, 0.6) is 0 Å². The molecule has 0 fully saturated rings. The van der Waals surface area contributed by atoms with Crippen LogP contribution in [0, 0.1) is 0 Å². The van der Waals surface area contributed by atoms with E-state index in [-0.39, 0.29) is 0 Å². The molecule has 1 aromatic carbocycles. The highest BCUT2D eigenvalue weighted by Crippen LogP contribution is 2.30. The Balaban J connectivity index is 2.40. The number of benzene rings is 1. The number of rotatable bonds is 1. The first-order valence-electron chi connectivity index (χ1n) is 5.27. The van der Waals surface area contributed by atoms with Crippen molar-refractivity contribution < 1.29 is 4.79 Å². The molecule has 2 aromatic rings. The number of aliphatic imine (C=N–C) groups is 1. The maximum Gasteiger partial charge on any atom is 0.185 e. The molecule has 16 heavy (non-hydrogen) atoms. The van der Waals surface area contributed by atoms with E-state index in [1.807, 2.05) is 30.0 Å². The largest absolute Gasteiger partial charge is 0.325 e. The van der Waals surface area contributed by atoms with Crippen molar-refractivity contribution in [2.24, 2.45) is 12.0 Å². The molecule has 0 atom stereocenters. The Morgan fingerprint density at radius 1 is 1.44 bits per heavy atom. The normalized spacial score (nSPS) is 14.1. The summed E-state index contributed by atoms with van der Waals surface area (Å²) >= 11 is 0. The Morgan fingerprint density at radius 2 is 2.31 bits per heavy atom. The van der Waals surface area contributed by atoms with Crippen LogP contribution in [0.3, 0.4) is 0 Å². The zero-order valence-corrected chi connectivity index (χ0v) is 8.97. The molecule has 0 saturated heterocycles. The minimum Gasteiger partial charge on any atom is -0.325 e. The Hall–Kier alpha value is -1.97. The lowest BCUT2D eigenvalue weighted by Crippen LogP contribution is -1.95. The van der Waals surface area contributed by atoms with Gasteiger partial charge in [-0.3, -0.25) is 9.79 Å². The van der Waals surface area contributed by atoms with Crippen LogP contribution < -0.4 is 0 Å². The van der Waals surface area contributed by atoms with Gasteiger partial charge >= 0.3 is 0 Å². The van der Waals surface area contributed by atoms with Crippen LogP contribution in [0.15, 0.2) is 17.1 Å². The van der Waals surface area contributed by atoms with E-state index in [0.29, 0.717) is 5.82 Å². The number of carbonyl (C=O) groups is 1. The summed E-state index contributed by atoms with van der Waals surface area (Å²) in [5, 5.41) is 0. The van der Waals surface area contributed by atoms with Crippen LogP contribution in [-0.4, -0.2) is 22.1 Å². The zero-order chi connectivity index (χ0) is 11.1. The van der Waals surface area contributed by atoms with Gasteiger partial charge in [0.05, 0.1) is 16.7 Å². The topological polar surface area (TPSA) is 47.2 Å². The molecule has 0 aliphatic carbocycles. The molecule has 0 amide bonds. The van der Waals surface area contributed by atoms with Gasteiger partial charge in [-0.15, -0.1) is 0 Å². The van der Waals surface area contributed by atoms with E-state index in [0.717, 1.165) is 41.4 Å². The van der Waals surface area contributed by atoms with E-state index in [1.165, 1.54) is 0 Å². The summed E-state index contributed by atoms with van der Waals surface area (Å²) in [6.07, 6.45) is 4.61. The first kappa shape index (κ1) is 9.27. The summed E-state index contributed by atoms with van der Waals surface area (Å²) in [7, 11) is 1.86. The van der Waals surface area contributed by atoms with Crippen molar-refractivity contribution in [3.8, 4) is 0 Å². The molecular weight excluding hydrogens is 202 g/mol. The number of hydrogen-bond acceptors (Lipinski definition) is 3. The third kappa shape index (κ3) is 1.13. The van der Waals surface area contributed by atoms with Crippen molar-refractivity contribution in [3.05, 3.63) is 23.5 Å². The summed E-state index contributed by atoms with van der Waals surface area (Å²) in [6.45, 7) is 0. The number of aldehydes is 1. The SMILES string of the molecule is Cn1c(C=O)nc2c3c(ccc21)N=CCC3. The summed E-state index contributed by atoms with van der Waals surface area (Å²) < 4.78 is 1.82. The second kappa shape index (κ2) is 3.27. The van der Waals surface area contributed by atoms with E-state index in [9.17, 15) is 4.79 Å². The molecule has 0 bridgehead atoms. The second-order valence-electron chi connectivity index (χ2n) is 3.93. The fourth-order valence-electron chi connectivity index (χ4n) is 2.17. The smallest absolute Gasteiger partial charge is 0.185 e. The first-order valence-corrected chi connectivity index (χ1v) is 5.27. The van der Waals surface area contributed by atoms with Gasteiger partial charge in [0, 0.05) is 18.8 Å². The molecule has 4 nitrogen and oxygen atoms in total. The summed E-state index contributed by atoms with van der Waals surface area (Å²) in [4.78, 5) is 19.6. The number of fused-ring (bicyclic) bond motifs is 3. The Kier molecular flexibility index (Phi) is 1.89. The number of hydrogen-bond donors (Lipinski definition) is 0. The molecule has 0 unspecified atom stereocenters. The van der Waals surface area contributed by atoms with Gasteiger partial charge in [0.1, 0.15) is 0 Å². The number of aryl methyl sites for hydroxylation is 2. The minimum absolute atomic E-state index is 0.470. The van der Waals surface area contributed by atoms with Crippen LogP contribution >= 0.6 is 0 Å². The molecule has 4 heteroatoms. The highest BCUT2D eigenvalue weighted by atomic mass is 16.1. The quantitative estimate of drug-likeness (QED) is 0.680. The van der Waals surface area contributed by atoms with Gasteiger partial charge in [-0.25, -0.2) is 4.98 Å². The molecule has 0 saturated carbocycles. The van der Waals surface area contributed by atoms with E-state index in [4.69, 9.17) is 0 Å². The standard InChI is InChI=1S/C12H11N3O/c1-15-10-5-4-9-8(3-2-6-13-9)12(10)14-11(15)7-16/h4-7H,2-3H2,1H3. The van der Waals surface area contributed by atoms with E-state index >= 15 is 0 Å². The second-order valence-corrected chi connectivity index (χ2v) is 3.93. The molecular formula is C12H11N3O.